The minimum absolute atomic E-state index is 0.126. The third-order valence-corrected chi connectivity index (χ3v) is 7.85. The quantitative estimate of drug-likeness (QED) is 0.705. The van der Waals surface area contributed by atoms with E-state index in [1.165, 1.54) is 0 Å². The van der Waals surface area contributed by atoms with Crippen LogP contribution in [0.25, 0.3) is 0 Å². The van der Waals surface area contributed by atoms with E-state index in [0.29, 0.717) is 12.5 Å². The molecular weight excluding hydrogens is 322 g/mol. The molecule has 1 heterocycles. The third kappa shape index (κ3) is 5.72. The minimum Gasteiger partial charge on any atom is -0.491 e. The highest BCUT2D eigenvalue weighted by atomic mass is 28.4. The fraction of sp³-hybridized carbons (Fsp3) is 0.647. The van der Waals surface area contributed by atoms with Gasteiger partial charge in [0.1, 0.15) is 12.4 Å². The Morgan fingerprint density at radius 1 is 1.30 bits per heavy atom. The van der Waals surface area contributed by atoms with Gasteiger partial charge >= 0.3 is 0 Å². The number of benzene rings is 1. The van der Waals surface area contributed by atoms with Crippen LogP contribution in [0.3, 0.4) is 0 Å². The third-order valence-electron chi connectivity index (χ3n) is 3.95. The molecule has 1 saturated heterocycles. The Morgan fingerprint density at radius 2 is 2.00 bits per heavy atom. The molecule has 1 aliphatic heterocycles. The average molecular weight is 354 g/mol. The molecule has 23 heavy (non-hydrogen) atoms. The summed E-state index contributed by atoms with van der Waals surface area (Å²) in [5.74, 6) is 1.21. The predicted molar refractivity (Wildman–Crippen MR) is 100 cm³/mol. The number of rotatable bonds is 7. The number of hydrogen-bond acceptors (Lipinski definition) is 4. The molecule has 2 atom stereocenters. The summed E-state index contributed by atoms with van der Waals surface area (Å²) in [6.07, 6.45) is 1.17. The Kier molecular flexibility index (Phi) is 6.85. The maximum atomic E-state index is 6.37. The number of hydrogen-bond donors (Lipinski definition) is 0. The summed E-state index contributed by atoms with van der Waals surface area (Å²) < 4.78 is 18.4. The predicted octanol–water partition coefficient (Wildman–Crippen LogP) is 2.90. The smallest absolute Gasteiger partial charge is 0.201 e. The molecule has 0 aliphatic carbocycles. The second-order valence-electron chi connectivity index (χ2n) is 7.14. The van der Waals surface area contributed by atoms with Crippen LogP contribution in [0.1, 0.15) is 6.92 Å². The molecule has 1 aromatic rings. The van der Waals surface area contributed by atoms with Crippen LogP contribution in [0.15, 0.2) is 30.3 Å². The number of para-hydroxylation sites is 1. The van der Waals surface area contributed by atoms with Crippen LogP contribution in [-0.2, 0) is 9.16 Å². The van der Waals surface area contributed by atoms with Crippen molar-refractivity contribution in [3.8, 4) is 5.75 Å². The Bertz CT molecular complexity index is 470. The van der Waals surface area contributed by atoms with E-state index in [9.17, 15) is 0 Å². The molecular formula is C17H31NO3Si2. The first-order valence-electron chi connectivity index (χ1n) is 8.62. The second kappa shape index (κ2) is 8.44. The second-order valence-corrected chi connectivity index (χ2v) is 14.3. The van der Waals surface area contributed by atoms with E-state index in [1.807, 2.05) is 30.3 Å². The molecule has 1 aromatic carbocycles. The molecule has 0 bridgehead atoms. The van der Waals surface area contributed by atoms with E-state index in [-0.39, 0.29) is 6.10 Å². The van der Waals surface area contributed by atoms with E-state index >= 15 is 0 Å². The molecule has 130 valence electrons. The lowest BCUT2D eigenvalue weighted by Gasteiger charge is -2.45. The van der Waals surface area contributed by atoms with Crippen molar-refractivity contribution in [1.29, 1.82) is 0 Å². The monoisotopic (exact) mass is 353 g/mol. The van der Waals surface area contributed by atoms with E-state index in [0.717, 1.165) is 25.1 Å². The van der Waals surface area contributed by atoms with Gasteiger partial charge in [-0.05, 0) is 32.2 Å². The standard InChI is InChI=1S/C17H31NO3Si2/c1-6-19-17(22(2)3)18-12-16(21-23(4,5)14-18)13-20-15-10-8-7-9-11-15/h7-11,16-17,22H,6,12-14H2,1-5H3. The summed E-state index contributed by atoms with van der Waals surface area (Å²) in [5, 5.41) is 0. The van der Waals surface area contributed by atoms with Gasteiger partial charge in [-0.1, -0.05) is 31.3 Å². The summed E-state index contributed by atoms with van der Waals surface area (Å²) in [6.45, 7) is 13.7. The van der Waals surface area contributed by atoms with Gasteiger partial charge in [0.2, 0.25) is 8.32 Å². The molecule has 2 unspecified atom stereocenters. The summed E-state index contributed by atoms with van der Waals surface area (Å²) in [7, 11) is -2.62. The van der Waals surface area contributed by atoms with E-state index in [2.05, 4.69) is 38.0 Å². The van der Waals surface area contributed by atoms with Crippen molar-refractivity contribution in [1.82, 2.24) is 4.90 Å². The molecule has 6 heteroatoms. The SMILES string of the molecule is CCOC(N1CC(COc2ccccc2)O[Si](C)(C)C1)[SiH](C)C. The van der Waals surface area contributed by atoms with E-state index < -0.39 is 17.1 Å². The van der Waals surface area contributed by atoms with Crippen molar-refractivity contribution >= 4 is 17.1 Å². The number of ether oxygens (including phenoxy) is 2. The molecule has 0 spiro atoms. The molecule has 0 saturated carbocycles. The zero-order valence-electron chi connectivity index (χ0n) is 15.1. The zero-order valence-corrected chi connectivity index (χ0v) is 17.3. The fourth-order valence-corrected chi connectivity index (χ4v) is 7.48. The minimum atomic E-state index is -1.70. The van der Waals surface area contributed by atoms with Gasteiger partial charge in [-0.3, -0.25) is 4.90 Å². The van der Waals surface area contributed by atoms with Gasteiger partial charge in [0.15, 0.2) is 0 Å². The molecule has 2 rings (SSSR count). The molecule has 0 radical (unpaired) electrons. The Morgan fingerprint density at radius 3 is 2.61 bits per heavy atom. The maximum absolute atomic E-state index is 6.37. The summed E-state index contributed by atoms with van der Waals surface area (Å²) in [4.78, 5) is 2.52. The van der Waals surface area contributed by atoms with Crippen LogP contribution in [0.5, 0.6) is 5.75 Å². The zero-order chi connectivity index (χ0) is 16.9. The lowest BCUT2D eigenvalue weighted by Crippen LogP contribution is -2.62. The molecule has 4 nitrogen and oxygen atoms in total. The first-order valence-corrected chi connectivity index (χ1v) is 14.7. The van der Waals surface area contributed by atoms with Crippen molar-refractivity contribution in [2.45, 2.75) is 45.1 Å². The van der Waals surface area contributed by atoms with Crippen molar-refractivity contribution in [2.24, 2.45) is 0 Å². The van der Waals surface area contributed by atoms with Crippen LogP contribution in [0.4, 0.5) is 0 Å². The first-order chi connectivity index (χ1) is 10.9. The topological polar surface area (TPSA) is 30.9 Å². The Balaban J connectivity index is 2.00. The summed E-state index contributed by atoms with van der Waals surface area (Å²) in [6, 6.07) is 9.98. The molecule has 1 aliphatic rings. The molecule has 0 amide bonds. The lowest BCUT2D eigenvalue weighted by molar-refractivity contribution is -0.0383. The van der Waals surface area contributed by atoms with Gasteiger partial charge in [-0.15, -0.1) is 0 Å². The van der Waals surface area contributed by atoms with E-state index in [4.69, 9.17) is 13.9 Å². The van der Waals surface area contributed by atoms with Gasteiger partial charge in [0.25, 0.3) is 0 Å². The van der Waals surface area contributed by atoms with Crippen molar-refractivity contribution in [3.63, 3.8) is 0 Å². The van der Waals surface area contributed by atoms with Gasteiger partial charge in [-0.25, -0.2) is 0 Å². The van der Waals surface area contributed by atoms with Gasteiger partial charge in [0, 0.05) is 19.3 Å². The van der Waals surface area contributed by atoms with Gasteiger partial charge < -0.3 is 13.9 Å². The van der Waals surface area contributed by atoms with Crippen molar-refractivity contribution in [3.05, 3.63) is 30.3 Å². The van der Waals surface area contributed by atoms with E-state index in [1.54, 1.807) is 0 Å². The maximum Gasteiger partial charge on any atom is 0.201 e. The van der Waals surface area contributed by atoms with Gasteiger partial charge in [0.05, 0.1) is 20.8 Å². The van der Waals surface area contributed by atoms with Crippen LogP contribution in [0, 0.1) is 0 Å². The van der Waals surface area contributed by atoms with Crippen LogP contribution in [-0.4, -0.2) is 59.9 Å². The summed E-state index contributed by atoms with van der Waals surface area (Å²) in [5.41, 5.74) is 0. The number of nitrogens with zero attached hydrogens (tertiary/aromatic N) is 1. The molecule has 1 fully saturated rings. The van der Waals surface area contributed by atoms with Crippen molar-refractivity contribution < 1.29 is 13.9 Å². The Hall–Kier alpha value is -0.666. The Labute approximate surface area is 143 Å². The average Bonchev–Trinajstić information content (AvgIpc) is 2.50. The van der Waals surface area contributed by atoms with Crippen LogP contribution in [0.2, 0.25) is 26.2 Å². The van der Waals surface area contributed by atoms with Crippen molar-refractivity contribution in [2.75, 3.05) is 25.9 Å². The summed E-state index contributed by atoms with van der Waals surface area (Å²) >= 11 is 0. The lowest BCUT2D eigenvalue weighted by atomic mass is 10.3. The van der Waals surface area contributed by atoms with Crippen LogP contribution >= 0.6 is 0 Å². The normalized spacial score (nSPS) is 23.0. The fourth-order valence-electron chi connectivity index (χ4n) is 3.22. The largest absolute Gasteiger partial charge is 0.491 e. The molecule has 0 N–H and O–H groups in total. The highest BCUT2D eigenvalue weighted by molar-refractivity contribution is 6.71. The highest BCUT2D eigenvalue weighted by Crippen LogP contribution is 2.22. The van der Waals surface area contributed by atoms with Crippen LogP contribution < -0.4 is 4.74 Å². The first kappa shape index (κ1) is 18.7. The highest BCUT2D eigenvalue weighted by Gasteiger charge is 2.39. The molecule has 0 aromatic heterocycles. The van der Waals surface area contributed by atoms with Gasteiger partial charge in [-0.2, -0.15) is 0 Å².